The molecule has 0 amide bonds. The highest BCUT2D eigenvalue weighted by Gasteiger charge is 2.25. The zero-order valence-electron chi connectivity index (χ0n) is 11.6. The van der Waals surface area contributed by atoms with Crippen LogP contribution in [0.15, 0.2) is 30.3 Å². The van der Waals surface area contributed by atoms with Gasteiger partial charge >= 0.3 is 0 Å². The van der Waals surface area contributed by atoms with Crippen molar-refractivity contribution in [2.45, 2.75) is 37.9 Å². The molecule has 0 spiro atoms. The van der Waals surface area contributed by atoms with Crippen molar-refractivity contribution >= 4 is 0 Å². The summed E-state index contributed by atoms with van der Waals surface area (Å²) in [5.41, 5.74) is 1.42. The number of nitrogens with zero attached hydrogens (tertiary/aromatic N) is 1. The smallest absolute Gasteiger partial charge is 0.0619 e. The standard InChI is InChI=1S/C16H24N2O/c1-2-5-14(6-3-1)11-18-9-8-15(12-18)17-16-7-4-10-19-13-16/h1-3,5-6,15-17H,4,7-13H2. The summed E-state index contributed by atoms with van der Waals surface area (Å²) in [5, 5.41) is 3.77. The maximum Gasteiger partial charge on any atom is 0.0619 e. The van der Waals surface area contributed by atoms with E-state index in [9.17, 15) is 0 Å². The van der Waals surface area contributed by atoms with Crippen LogP contribution in [0.3, 0.4) is 0 Å². The fourth-order valence-electron chi connectivity index (χ4n) is 3.16. The maximum atomic E-state index is 5.54. The van der Waals surface area contributed by atoms with Crippen molar-refractivity contribution in [3.05, 3.63) is 35.9 Å². The van der Waals surface area contributed by atoms with Crippen molar-refractivity contribution in [2.24, 2.45) is 0 Å². The molecule has 2 aliphatic heterocycles. The molecule has 2 saturated heterocycles. The topological polar surface area (TPSA) is 24.5 Å². The van der Waals surface area contributed by atoms with E-state index in [0.29, 0.717) is 12.1 Å². The van der Waals surface area contributed by atoms with Crippen LogP contribution in [-0.4, -0.2) is 43.3 Å². The molecule has 104 valence electrons. The number of hydrogen-bond donors (Lipinski definition) is 1. The molecule has 3 rings (SSSR count). The van der Waals surface area contributed by atoms with E-state index in [2.05, 4.69) is 40.5 Å². The minimum atomic E-state index is 0.579. The lowest BCUT2D eigenvalue weighted by Gasteiger charge is -2.26. The Morgan fingerprint density at radius 3 is 2.84 bits per heavy atom. The van der Waals surface area contributed by atoms with E-state index in [-0.39, 0.29) is 0 Å². The Morgan fingerprint density at radius 1 is 1.16 bits per heavy atom. The third kappa shape index (κ3) is 3.78. The maximum absolute atomic E-state index is 5.54. The lowest BCUT2D eigenvalue weighted by Crippen LogP contribution is -2.44. The number of likely N-dealkylation sites (tertiary alicyclic amines) is 1. The van der Waals surface area contributed by atoms with Crippen LogP contribution >= 0.6 is 0 Å². The third-order valence-corrected chi connectivity index (χ3v) is 4.15. The molecule has 1 aromatic rings. The minimum Gasteiger partial charge on any atom is -0.380 e. The number of hydrogen-bond acceptors (Lipinski definition) is 3. The largest absolute Gasteiger partial charge is 0.380 e. The van der Waals surface area contributed by atoms with Gasteiger partial charge in [0.2, 0.25) is 0 Å². The predicted molar refractivity (Wildman–Crippen MR) is 77.1 cm³/mol. The van der Waals surface area contributed by atoms with Gasteiger partial charge in [-0.1, -0.05) is 30.3 Å². The van der Waals surface area contributed by atoms with Crippen molar-refractivity contribution < 1.29 is 4.74 Å². The summed E-state index contributed by atoms with van der Waals surface area (Å²) in [7, 11) is 0. The summed E-state index contributed by atoms with van der Waals surface area (Å²) in [6.45, 7) is 5.31. The highest BCUT2D eigenvalue weighted by Crippen LogP contribution is 2.15. The molecule has 3 nitrogen and oxygen atoms in total. The van der Waals surface area contributed by atoms with Crippen LogP contribution in [0.25, 0.3) is 0 Å². The number of ether oxygens (including phenoxy) is 1. The van der Waals surface area contributed by atoms with Crippen LogP contribution in [-0.2, 0) is 11.3 Å². The molecule has 1 aromatic carbocycles. The minimum absolute atomic E-state index is 0.579. The fourth-order valence-corrected chi connectivity index (χ4v) is 3.16. The molecule has 19 heavy (non-hydrogen) atoms. The van der Waals surface area contributed by atoms with E-state index in [1.165, 1.54) is 37.9 Å². The lowest BCUT2D eigenvalue weighted by atomic mass is 10.1. The second kappa shape index (κ2) is 6.51. The molecule has 0 saturated carbocycles. The second-order valence-corrected chi connectivity index (χ2v) is 5.79. The van der Waals surface area contributed by atoms with Crippen LogP contribution in [0.4, 0.5) is 0 Å². The SMILES string of the molecule is c1ccc(CN2CCC(NC3CCCOC3)C2)cc1. The summed E-state index contributed by atoms with van der Waals surface area (Å²) in [5.74, 6) is 0. The van der Waals surface area contributed by atoms with Crippen LogP contribution in [0.2, 0.25) is 0 Å². The van der Waals surface area contributed by atoms with Crippen molar-refractivity contribution in [1.29, 1.82) is 0 Å². The first-order valence-corrected chi connectivity index (χ1v) is 7.50. The molecule has 2 unspecified atom stereocenters. The average molecular weight is 260 g/mol. The molecular formula is C16H24N2O. The predicted octanol–water partition coefficient (Wildman–Crippen LogP) is 2.03. The van der Waals surface area contributed by atoms with E-state index in [4.69, 9.17) is 4.74 Å². The quantitative estimate of drug-likeness (QED) is 0.896. The van der Waals surface area contributed by atoms with E-state index < -0.39 is 0 Å². The van der Waals surface area contributed by atoms with Crippen molar-refractivity contribution in [3.63, 3.8) is 0 Å². The zero-order valence-corrected chi connectivity index (χ0v) is 11.6. The lowest BCUT2D eigenvalue weighted by molar-refractivity contribution is 0.0666. The molecule has 2 atom stereocenters. The molecule has 2 heterocycles. The first-order valence-electron chi connectivity index (χ1n) is 7.50. The average Bonchev–Trinajstić information content (AvgIpc) is 2.88. The highest BCUT2D eigenvalue weighted by molar-refractivity contribution is 5.14. The Bertz CT molecular complexity index is 376. The van der Waals surface area contributed by atoms with Gasteiger partial charge in [-0.15, -0.1) is 0 Å². The van der Waals surface area contributed by atoms with E-state index in [1.54, 1.807) is 0 Å². The van der Waals surface area contributed by atoms with Gasteiger partial charge in [0.15, 0.2) is 0 Å². The van der Waals surface area contributed by atoms with E-state index in [1.807, 2.05) is 0 Å². The summed E-state index contributed by atoms with van der Waals surface area (Å²) >= 11 is 0. The van der Waals surface area contributed by atoms with Crippen molar-refractivity contribution in [3.8, 4) is 0 Å². The fraction of sp³-hybridized carbons (Fsp3) is 0.625. The molecule has 3 heteroatoms. The Morgan fingerprint density at radius 2 is 2.05 bits per heavy atom. The molecule has 0 bridgehead atoms. The Labute approximate surface area is 115 Å². The van der Waals surface area contributed by atoms with Gasteiger partial charge in [0.25, 0.3) is 0 Å². The van der Waals surface area contributed by atoms with Crippen LogP contribution in [0, 0.1) is 0 Å². The van der Waals surface area contributed by atoms with Gasteiger partial charge < -0.3 is 10.1 Å². The first-order chi connectivity index (χ1) is 9.40. The Balaban J connectivity index is 1.44. The number of benzene rings is 1. The normalized spacial score (nSPS) is 28.6. The highest BCUT2D eigenvalue weighted by atomic mass is 16.5. The second-order valence-electron chi connectivity index (χ2n) is 5.79. The first kappa shape index (κ1) is 13.1. The van der Waals surface area contributed by atoms with Gasteiger partial charge in [0, 0.05) is 38.3 Å². The molecule has 0 aliphatic carbocycles. The zero-order chi connectivity index (χ0) is 12.9. The molecule has 0 aromatic heterocycles. The monoisotopic (exact) mass is 260 g/mol. The van der Waals surface area contributed by atoms with Crippen LogP contribution in [0.1, 0.15) is 24.8 Å². The van der Waals surface area contributed by atoms with Gasteiger partial charge in [-0.3, -0.25) is 4.90 Å². The molecule has 2 fully saturated rings. The van der Waals surface area contributed by atoms with Crippen molar-refractivity contribution in [1.82, 2.24) is 10.2 Å². The van der Waals surface area contributed by atoms with Crippen LogP contribution in [0.5, 0.6) is 0 Å². The summed E-state index contributed by atoms with van der Waals surface area (Å²) in [4.78, 5) is 2.55. The summed E-state index contributed by atoms with van der Waals surface area (Å²) in [6.07, 6.45) is 3.75. The van der Waals surface area contributed by atoms with Gasteiger partial charge in [-0.25, -0.2) is 0 Å². The molecule has 0 radical (unpaired) electrons. The molecule has 2 aliphatic rings. The Hall–Kier alpha value is -0.900. The van der Waals surface area contributed by atoms with Gasteiger partial charge in [0.05, 0.1) is 6.61 Å². The number of rotatable bonds is 4. The van der Waals surface area contributed by atoms with Gasteiger partial charge in [-0.2, -0.15) is 0 Å². The molecular weight excluding hydrogens is 236 g/mol. The van der Waals surface area contributed by atoms with Gasteiger partial charge in [-0.05, 0) is 24.8 Å². The van der Waals surface area contributed by atoms with Gasteiger partial charge in [0.1, 0.15) is 0 Å². The Kier molecular flexibility index (Phi) is 4.49. The molecule has 1 N–H and O–H groups in total. The van der Waals surface area contributed by atoms with E-state index >= 15 is 0 Å². The van der Waals surface area contributed by atoms with Crippen molar-refractivity contribution in [2.75, 3.05) is 26.3 Å². The number of nitrogens with one attached hydrogen (secondary N) is 1. The summed E-state index contributed by atoms with van der Waals surface area (Å²) < 4.78 is 5.54. The summed E-state index contributed by atoms with van der Waals surface area (Å²) in [6, 6.07) is 12.0. The van der Waals surface area contributed by atoms with E-state index in [0.717, 1.165) is 19.8 Å². The third-order valence-electron chi connectivity index (χ3n) is 4.15. The van der Waals surface area contributed by atoms with Crippen LogP contribution < -0.4 is 5.32 Å².